The fraction of sp³-hybridized carbons (Fsp3) is 0. The normalized spacial score (nSPS) is 11.2. The molecule has 7 aromatic carbocycles. The molecule has 232 valence electrons. The molecule has 0 aliphatic carbocycles. The predicted octanol–water partition coefficient (Wildman–Crippen LogP) is 10.4. The molecule has 48 heavy (non-hydrogen) atoms. The Balaban J connectivity index is 1.18. The number of benzene rings is 7. The molecule has 0 saturated heterocycles. The lowest BCUT2D eigenvalue weighted by molar-refractivity contribution is 1.18. The Labute approximate surface area is 279 Å². The van der Waals surface area contributed by atoms with Gasteiger partial charge in [-0.25, -0.2) is 0 Å². The number of nitrogens with zero attached hydrogens (tertiary/aromatic N) is 1. The van der Waals surface area contributed by atoms with Crippen LogP contribution in [0.4, 0.5) is 39.8 Å². The van der Waals surface area contributed by atoms with Crippen LogP contribution in [0.15, 0.2) is 158 Å². The first kappa shape index (κ1) is 28.8. The van der Waals surface area contributed by atoms with Crippen LogP contribution in [0, 0.1) is 0 Å². The zero-order valence-electron chi connectivity index (χ0n) is 26.2. The first-order valence-corrected chi connectivity index (χ1v) is 15.9. The van der Waals surface area contributed by atoms with E-state index in [9.17, 15) is 0 Å². The van der Waals surface area contributed by atoms with E-state index < -0.39 is 0 Å². The minimum absolute atomic E-state index is 0.723. The van der Waals surface area contributed by atoms with E-state index in [4.69, 9.17) is 17.2 Å². The molecule has 0 spiro atoms. The number of anilines is 7. The van der Waals surface area contributed by atoms with Crippen LogP contribution in [0.1, 0.15) is 0 Å². The molecule has 8 rings (SSSR count). The number of hydrogen-bond donors (Lipinski definition) is 5. The van der Waals surface area contributed by atoms with Crippen molar-refractivity contribution < 1.29 is 0 Å². The fourth-order valence-corrected chi connectivity index (χ4v) is 6.38. The van der Waals surface area contributed by atoms with Crippen molar-refractivity contribution in [2.24, 2.45) is 0 Å². The minimum atomic E-state index is 0.723. The van der Waals surface area contributed by atoms with E-state index in [1.165, 1.54) is 10.8 Å². The van der Waals surface area contributed by atoms with Gasteiger partial charge in [0.15, 0.2) is 0 Å². The first-order chi connectivity index (χ1) is 23.5. The van der Waals surface area contributed by atoms with Crippen LogP contribution in [0.2, 0.25) is 0 Å². The van der Waals surface area contributed by atoms with Crippen molar-refractivity contribution >= 4 is 61.6 Å². The summed E-state index contributed by atoms with van der Waals surface area (Å²) in [5.74, 6) is 0. The third-order valence-electron chi connectivity index (χ3n) is 8.68. The zero-order valence-corrected chi connectivity index (χ0v) is 26.2. The number of rotatable bonds is 7. The average molecular weight is 623 g/mol. The molecule has 0 saturated carbocycles. The topological polar surface area (TPSA) is 107 Å². The van der Waals surface area contributed by atoms with Crippen LogP contribution >= 0.6 is 0 Å². The van der Waals surface area contributed by atoms with Crippen molar-refractivity contribution in [3.8, 4) is 27.9 Å². The highest BCUT2D eigenvalue weighted by atomic mass is 15.0. The Morgan fingerprint density at radius 3 is 1.21 bits per heavy atom. The second kappa shape index (κ2) is 11.9. The van der Waals surface area contributed by atoms with Crippen LogP contribution in [0.25, 0.3) is 49.7 Å². The van der Waals surface area contributed by atoms with Crippen molar-refractivity contribution in [3.05, 3.63) is 158 Å². The van der Waals surface area contributed by atoms with Gasteiger partial charge in [-0.1, -0.05) is 66.7 Å². The van der Waals surface area contributed by atoms with Gasteiger partial charge in [0.1, 0.15) is 0 Å². The predicted molar refractivity (Wildman–Crippen MR) is 204 cm³/mol. The van der Waals surface area contributed by atoms with E-state index in [0.717, 1.165) is 78.8 Å². The molecule has 0 aliphatic heterocycles. The Kier molecular flexibility index (Phi) is 7.16. The molecule has 6 nitrogen and oxygen atoms in total. The number of nitrogens with one attached hydrogen (secondary N) is 2. The molecule has 0 amide bonds. The maximum absolute atomic E-state index is 6.31. The van der Waals surface area contributed by atoms with Gasteiger partial charge in [0.2, 0.25) is 0 Å². The Morgan fingerprint density at radius 1 is 0.354 bits per heavy atom. The molecule has 0 fully saturated rings. The van der Waals surface area contributed by atoms with Gasteiger partial charge in [0, 0.05) is 56.3 Å². The molecule has 0 radical (unpaired) electrons. The van der Waals surface area contributed by atoms with Gasteiger partial charge in [0.05, 0.1) is 11.0 Å². The largest absolute Gasteiger partial charge is 0.399 e. The second-order valence-electron chi connectivity index (χ2n) is 12.0. The molecule has 6 heteroatoms. The SMILES string of the molecule is Nc1cccc(Nc2ccc(-c3ccc4c5ccc(-c6ccc(Nc7cccc(N)c7)cc6)cc5n(-c5cccc(N)c5)c4c3)cc2)c1. The summed E-state index contributed by atoms with van der Waals surface area (Å²) in [4.78, 5) is 0. The average Bonchev–Trinajstić information content (AvgIpc) is 3.42. The first-order valence-electron chi connectivity index (χ1n) is 15.9. The van der Waals surface area contributed by atoms with Crippen LogP contribution in [0.5, 0.6) is 0 Å². The molecule has 8 N–H and O–H groups in total. The maximum Gasteiger partial charge on any atom is 0.0547 e. The van der Waals surface area contributed by atoms with Crippen LogP contribution in [-0.2, 0) is 0 Å². The minimum Gasteiger partial charge on any atom is -0.399 e. The standard InChI is InChI=1S/C42H34N6/c43-31-4-1-7-36(24-31)46-34-16-10-27(11-17-34)29-14-20-39-40-21-15-30(23-42(40)48(41(39)22-29)38-9-3-6-33(45)26-38)28-12-18-35(19-13-28)47-37-8-2-5-32(44)25-37/h1-26,46-47H,43-45H2. The van der Waals surface area contributed by atoms with Gasteiger partial charge >= 0.3 is 0 Å². The summed E-state index contributed by atoms with van der Waals surface area (Å²) >= 11 is 0. The van der Waals surface area contributed by atoms with Crippen molar-refractivity contribution in [3.63, 3.8) is 0 Å². The molecule has 1 aromatic heterocycles. The lowest BCUT2D eigenvalue weighted by Gasteiger charge is -2.11. The summed E-state index contributed by atoms with van der Waals surface area (Å²) in [6, 6.07) is 54.0. The third kappa shape index (κ3) is 5.63. The molecular formula is C42H34N6. The highest BCUT2D eigenvalue weighted by Crippen LogP contribution is 2.38. The van der Waals surface area contributed by atoms with Gasteiger partial charge in [-0.05, 0) is 113 Å². The van der Waals surface area contributed by atoms with E-state index >= 15 is 0 Å². The number of nitrogens with two attached hydrogens (primary N) is 3. The molecule has 0 unspecified atom stereocenters. The Hall–Kier alpha value is -6.66. The Bertz CT molecular complexity index is 2280. The molecule has 8 aromatic rings. The summed E-state index contributed by atoms with van der Waals surface area (Å²) in [6.45, 7) is 0. The van der Waals surface area contributed by atoms with E-state index in [-0.39, 0.29) is 0 Å². The van der Waals surface area contributed by atoms with E-state index in [1.807, 2.05) is 66.7 Å². The van der Waals surface area contributed by atoms with Crippen LogP contribution in [-0.4, -0.2) is 4.57 Å². The van der Waals surface area contributed by atoms with Crippen LogP contribution in [0.3, 0.4) is 0 Å². The number of aromatic nitrogens is 1. The van der Waals surface area contributed by atoms with E-state index in [1.54, 1.807) is 0 Å². The lowest BCUT2D eigenvalue weighted by atomic mass is 10.0. The van der Waals surface area contributed by atoms with Crippen LogP contribution < -0.4 is 27.8 Å². The number of fused-ring (bicyclic) bond motifs is 3. The number of nitrogen functional groups attached to an aromatic ring is 3. The monoisotopic (exact) mass is 622 g/mol. The van der Waals surface area contributed by atoms with Gasteiger partial charge in [-0.2, -0.15) is 0 Å². The quantitative estimate of drug-likeness (QED) is 0.114. The summed E-state index contributed by atoms with van der Waals surface area (Å²) in [6.07, 6.45) is 0. The van der Waals surface area contributed by atoms with Crippen molar-refractivity contribution in [2.75, 3.05) is 27.8 Å². The van der Waals surface area contributed by atoms with Crippen molar-refractivity contribution in [2.45, 2.75) is 0 Å². The highest BCUT2D eigenvalue weighted by molar-refractivity contribution is 6.11. The summed E-state index contributed by atoms with van der Waals surface area (Å²) < 4.78 is 2.32. The van der Waals surface area contributed by atoms with Gasteiger partial charge in [0.25, 0.3) is 0 Å². The van der Waals surface area contributed by atoms with Gasteiger partial charge < -0.3 is 32.4 Å². The maximum atomic E-state index is 6.31. The smallest absolute Gasteiger partial charge is 0.0547 e. The summed E-state index contributed by atoms with van der Waals surface area (Å²) in [5, 5.41) is 9.24. The lowest BCUT2D eigenvalue weighted by Crippen LogP contribution is -1.96. The van der Waals surface area contributed by atoms with E-state index in [0.29, 0.717) is 0 Å². The van der Waals surface area contributed by atoms with Crippen molar-refractivity contribution in [1.29, 1.82) is 0 Å². The molecule has 0 aliphatic rings. The molecule has 1 heterocycles. The van der Waals surface area contributed by atoms with Gasteiger partial charge in [-0.15, -0.1) is 0 Å². The number of hydrogen-bond acceptors (Lipinski definition) is 5. The van der Waals surface area contributed by atoms with E-state index in [2.05, 4.69) is 106 Å². The Morgan fingerprint density at radius 2 is 0.771 bits per heavy atom. The summed E-state index contributed by atoms with van der Waals surface area (Å²) in [7, 11) is 0. The molecule has 0 atom stereocenters. The molecule has 0 bridgehead atoms. The second-order valence-corrected chi connectivity index (χ2v) is 12.0. The summed E-state index contributed by atoms with van der Waals surface area (Å²) in [5.41, 5.74) is 32.1. The molecular weight excluding hydrogens is 589 g/mol. The highest BCUT2D eigenvalue weighted by Gasteiger charge is 2.15. The zero-order chi connectivity index (χ0) is 32.6. The van der Waals surface area contributed by atoms with Crippen molar-refractivity contribution in [1.82, 2.24) is 4.57 Å². The third-order valence-corrected chi connectivity index (χ3v) is 8.68. The van der Waals surface area contributed by atoms with Gasteiger partial charge in [-0.3, -0.25) is 0 Å². The fourth-order valence-electron chi connectivity index (χ4n) is 6.38.